The molecule has 1 aliphatic carbocycles. The number of nitrogens with one attached hydrogen (secondary N) is 2. The van der Waals surface area contributed by atoms with Crippen LogP contribution in [0.15, 0.2) is 48.5 Å². The van der Waals surface area contributed by atoms with Crippen LogP contribution in [0.3, 0.4) is 0 Å². The number of carbonyl (C=O) groups excluding carboxylic acids is 1. The molecule has 0 bridgehead atoms. The Balaban J connectivity index is 1.23. The van der Waals surface area contributed by atoms with E-state index in [1.165, 1.54) is 11.1 Å². The van der Waals surface area contributed by atoms with Gasteiger partial charge in [-0.2, -0.15) is 26.3 Å². The van der Waals surface area contributed by atoms with Gasteiger partial charge in [0.2, 0.25) is 5.91 Å². The maximum absolute atomic E-state index is 13.2. The third-order valence-corrected chi connectivity index (χ3v) is 8.71. The van der Waals surface area contributed by atoms with Crippen molar-refractivity contribution in [1.82, 2.24) is 15.5 Å². The number of likely N-dealkylation sites (tertiary alicyclic amines) is 1. The number of carbonyl (C=O) groups is 1. The van der Waals surface area contributed by atoms with Crippen molar-refractivity contribution in [2.75, 3.05) is 19.6 Å². The van der Waals surface area contributed by atoms with E-state index < -0.39 is 41.5 Å². The summed E-state index contributed by atoms with van der Waals surface area (Å²) < 4.78 is 79.1. The average molecular weight is 552 g/mol. The number of allylic oxidation sites excluding steroid dienone is 1. The molecule has 0 saturated carbocycles. The molecule has 5 rings (SSSR count). The van der Waals surface area contributed by atoms with Crippen LogP contribution in [-0.2, 0) is 29.1 Å². The van der Waals surface area contributed by atoms with Crippen molar-refractivity contribution in [3.05, 3.63) is 76.4 Å². The summed E-state index contributed by atoms with van der Waals surface area (Å²) in [7, 11) is 0. The van der Waals surface area contributed by atoms with Gasteiger partial charge in [-0.3, -0.25) is 9.69 Å². The first kappa shape index (κ1) is 27.7. The van der Waals surface area contributed by atoms with Crippen LogP contribution in [0, 0.1) is 5.92 Å². The fourth-order valence-corrected chi connectivity index (χ4v) is 6.44. The van der Waals surface area contributed by atoms with Gasteiger partial charge >= 0.3 is 12.4 Å². The molecule has 0 radical (unpaired) electrons. The molecule has 2 aromatic carbocycles. The molecule has 210 valence electrons. The van der Waals surface area contributed by atoms with Crippen molar-refractivity contribution in [1.29, 1.82) is 0 Å². The highest BCUT2D eigenvalue weighted by atomic mass is 19.4. The van der Waals surface area contributed by atoms with Gasteiger partial charge in [0.25, 0.3) is 0 Å². The van der Waals surface area contributed by atoms with Gasteiger partial charge in [0.15, 0.2) is 0 Å². The molecule has 2 aromatic rings. The molecule has 2 N–H and O–H groups in total. The molecule has 2 unspecified atom stereocenters. The topological polar surface area (TPSA) is 44.4 Å². The van der Waals surface area contributed by atoms with Gasteiger partial charge in [-0.15, -0.1) is 0 Å². The summed E-state index contributed by atoms with van der Waals surface area (Å²) in [6.45, 7) is 5.81. The van der Waals surface area contributed by atoms with Crippen LogP contribution in [0.25, 0.3) is 6.08 Å². The summed E-state index contributed by atoms with van der Waals surface area (Å²) in [6, 6.07) is 9.90. The van der Waals surface area contributed by atoms with Crippen LogP contribution in [0.4, 0.5) is 26.3 Å². The molecule has 1 spiro atoms. The zero-order valence-electron chi connectivity index (χ0n) is 21.7. The summed E-state index contributed by atoms with van der Waals surface area (Å²) >= 11 is 0. The Bertz CT molecular complexity index is 1260. The minimum absolute atomic E-state index is 0.0000241. The normalized spacial score (nSPS) is 29.1. The maximum Gasteiger partial charge on any atom is 0.416 e. The average Bonchev–Trinajstić information content (AvgIpc) is 3.46. The molecule has 2 heterocycles. The molecule has 0 aromatic heterocycles. The van der Waals surface area contributed by atoms with Crippen molar-refractivity contribution in [2.45, 2.75) is 62.6 Å². The second-order valence-corrected chi connectivity index (χ2v) is 11.3. The van der Waals surface area contributed by atoms with Gasteiger partial charge in [0, 0.05) is 31.1 Å². The summed E-state index contributed by atoms with van der Waals surface area (Å²) in [5, 5.41) is 5.81. The van der Waals surface area contributed by atoms with Crippen molar-refractivity contribution in [3.63, 3.8) is 0 Å². The lowest BCUT2D eigenvalue weighted by Crippen LogP contribution is -2.52. The number of halogens is 6. The van der Waals surface area contributed by atoms with Crippen LogP contribution in [-0.4, -0.2) is 42.0 Å². The van der Waals surface area contributed by atoms with Crippen molar-refractivity contribution in [2.24, 2.45) is 5.92 Å². The number of piperidine rings is 1. The molecule has 4 atom stereocenters. The Hall–Kier alpha value is -2.85. The molecular weight excluding hydrogens is 520 g/mol. The number of hydrogen-bond donors (Lipinski definition) is 2. The molecule has 3 aliphatic rings. The lowest BCUT2D eigenvalue weighted by Gasteiger charge is -2.46. The van der Waals surface area contributed by atoms with Crippen LogP contribution < -0.4 is 10.6 Å². The molecule has 10 heteroatoms. The van der Waals surface area contributed by atoms with Crippen LogP contribution in [0.2, 0.25) is 0 Å². The van der Waals surface area contributed by atoms with Gasteiger partial charge in [-0.05, 0) is 67.1 Å². The van der Waals surface area contributed by atoms with Crippen LogP contribution in [0.5, 0.6) is 0 Å². The zero-order valence-corrected chi connectivity index (χ0v) is 21.7. The lowest BCUT2D eigenvalue weighted by molar-refractivity contribution is -0.143. The van der Waals surface area contributed by atoms with E-state index in [4.69, 9.17) is 0 Å². The number of benzene rings is 2. The molecule has 2 fully saturated rings. The Labute approximate surface area is 223 Å². The Morgan fingerprint density at radius 2 is 1.74 bits per heavy atom. The second kappa shape index (κ2) is 9.66. The van der Waals surface area contributed by atoms with E-state index in [1.807, 2.05) is 6.07 Å². The summed E-state index contributed by atoms with van der Waals surface area (Å²) in [4.78, 5) is 15.5. The van der Waals surface area contributed by atoms with E-state index in [0.29, 0.717) is 31.0 Å². The predicted octanol–water partition coefficient (Wildman–Crippen LogP) is 5.77. The van der Waals surface area contributed by atoms with Crippen molar-refractivity contribution in [3.8, 4) is 0 Å². The first-order valence-corrected chi connectivity index (χ1v) is 13.1. The largest absolute Gasteiger partial charge is 0.416 e. The number of hydrogen-bond acceptors (Lipinski definition) is 3. The van der Waals surface area contributed by atoms with Gasteiger partial charge in [-0.25, -0.2) is 0 Å². The van der Waals surface area contributed by atoms with Crippen molar-refractivity contribution < 1.29 is 31.1 Å². The van der Waals surface area contributed by atoms with Gasteiger partial charge in [-0.1, -0.05) is 43.3 Å². The Morgan fingerprint density at radius 1 is 1.08 bits per heavy atom. The molecule has 39 heavy (non-hydrogen) atoms. The summed E-state index contributed by atoms with van der Waals surface area (Å²) in [5.41, 5.74) is -1.44. The Morgan fingerprint density at radius 3 is 2.38 bits per heavy atom. The van der Waals surface area contributed by atoms with Gasteiger partial charge in [0.05, 0.1) is 16.7 Å². The highest BCUT2D eigenvalue weighted by Gasteiger charge is 2.48. The van der Waals surface area contributed by atoms with Crippen molar-refractivity contribution >= 4 is 12.0 Å². The fraction of sp³-hybridized carbons (Fsp3) is 0.483. The van der Waals surface area contributed by atoms with Crippen LogP contribution >= 0.6 is 0 Å². The third-order valence-electron chi connectivity index (χ3n) is 8.71. The molecule has 1 amide bonds. The van der Waals surface area contributed by atoms with E-state index in [9.17, 15) is 31.1 Å². The molecular formula is C29H31F6N3O. The minimum atomic E-state index is -4.94. The monoisotopic (exact) mass is 551 g/mol. The van der Waals surface area contributed by atoms with E-state index >= 15 is 0 Å². The molecule has 2 aliphatic heterocycles. The van der Waals surface area contributed by atoms with Gasteiger partial charge < -0.3 is 10.6 Å². The SMILES string of the molecule is C[C@H]1CN(C2CNC(C)(C(=O)NCc3cc(C(F)(F)F)cc(C(F)(F)F)c3)C2)CC[C@@]12C=Cc1ccccc12. The number of amides is 1. The third kappa shape index (κ3) is 5.20. The quantitative estimate of drug-likeness (QED) is 0.475. The first-order valence-electron chi connectivity index (χ1n) is 13.1. The summed E-state index contributed by atoms with van der Waals surface area (Å²) in [6.07, 6.45) is -3.91. The fourth-order valence-electron chi connectivity index (χ4n) is 6.44. The Kier molecular flexibility index (Phi) is 6.86. The number of rotatable bonds is 4. The first-order chi connectivity index (χ1) is 18.2. The standard InChI is InChI=1S/C29H31F6N3O/c1-18-17-38(10-9-27(18)8-7-20-5-3-4-6-24(20)27)23-14-26(2,37-16-23)25(39)36-15-19-11-21(28(30,31)32)13-22(12-19)29(33,34)35/h3-8,11-13,18,23,37H,9-10,14-17H2,1-2H3,(H,36,39)/t18-,23?,26?,27-/m0/s1. The van der Waals surface area contributed by atoms with Crippen LogP contribution in [0.1, 0.15) is 54.5 Å². The smallest absolute Gasteiger partial charge is 0.350 e. The maximum atomic E-state index is 13.2. The van der Waals surface area contributed by atoms with E-state index in [-0.39, 0.29) is 23.1 Å². The zero-order chi connectivity index (χ0) is 28.2. The van der Waals surface area contributed by atoms with E-state index in [2.05, 4.69) is 52.8 Å². The lowest BCUT2D eigenvalue weighted by atomic mass is 9.68. The number of nitrogens with zero attached hydrogens (tertiary/aromatic N) is 1. The minimum Gasteiger partial charge on any atom is -0.350 e. The molecule has 4 nitrogen and oxygen atoms in total. The predicted molar refractivity (Wildman–Crippen MR) is 136 cm³/mol. The molecule has 2 saturated heterocycles. The second-order valence-electron chi connectivity index (χ2n) is 11.3. The van der Waals surface area contributed by atoms with E-state index in [0.717, 1.165) is 19.5 Å². The van der Waals surface area contributed by atoms with E-state index in [1.54, 1.807) is 6.92 Å². The summed E-state index contributed by atoms with van der Waals surface area (Å²) in [5.74, 6) is -0.0966. The number of fused-ring (bicyclic) bond motifs is 2. The highest BCUT2D eigenvalue weighted by molar-refractivity contribution is 5.86. The highest BCUT2D eigenvalue weighted by Crippen LogP contribution is 2.47. The number of alkyl halides is 6. The van der Waals surface area contributed by atoms with Gasteiger partial charge in [0.1, 0.15) is 0 Å².